The molecular weight excluding hydrogens is 262 g/mol. The Morgan fingerprint density at radius 3 is 2.27 bits per heavy atom. The summed E-state index contributed by atoms with van der Waals surface area (Å²) in [5, 5.41) is 0. The van der Waals surface area contributed by atoms with Crippen molar-refractivity contribution < 1.29 is 17.2 Å². The van der Waals surface area contributed by atoms with Crippen molar-refractivity contribution in [2.24, 2.45) is 5.92 Å². The number of phosphoric acid groups is 1. The van der Waals surface area contributed by atoms with Crippen LogP contribution in [0.25, 0.3) is 0 Å². The number of rotatable bonds is 9. The molecule has 4 nitrogen and oxygen atoms in total. The molecule has 0 spiro atoms. The van der Waals surface area contributed by atoms with E-state index < -0.39 is 7.82 Å². The number of hydrogen-bond donors (Lipinski definition) is 0. The molecule has 0 heterocycles. The van der Waals surface area contributed by atoms with Gasteiger partial charge in [-0.15, -0.1) is 0 Å². The summed E-state index contributed by atoms with van der Waals surface area (Å²) in [6.07, 6.45) is 4.17. The van der Waals surface area contributed by atoms with Crippen LogP contribution in [0.1, 0.15) is 39.5 Å². The van der Waals surface area contributed by atoms with Crippen LogP contribution in [-0.2, 0) is 17.2 Å². The van der Waals surface area contributed by atoms with Gasteiger partial charge in [-0.25, -0.2) is 4.57 Å². The highest BCUT2D eigenvalue weighted by molar-refractivity contribution is 7.50. The second-order valence-corrected chi connectivity index (χ2v) is 5.55. The topological polar surface area (TPSA) is 44.8 Å². The first-order valence-electron chi connectivity index (χ1n) is 4.97. The summed E-state index contributed by atoms with van der Waals surface area (Å²) < 4.78 is 24.3. The standard InChI is InChI=1S/C8H17Cl2O4P/c1-3-5-6-8(4-2)7-12-15(11,13-9)14-10/h8H,3-7H2,1-2H3. The molecule has 0 radical (unpaired) electrons. The lowest BCUT2D eigenvalue weighted by atomic mass is 10.0. The molecule has 0 bridgehead atoms. The van der Waals surface area contributed by atoms with Gasteiger partial charge in [-0.3, -0.25) is 4.52 Å². The van der Waals surface area contributed by atoms with Gasteiger partial charge in [0, 0.05) is 0 Å². The fourth-order valence-corrected chi connectivity index (χ4v) is 2.13. The van der Waals surface area contributed by atoms with Crippen LogP contribution in [0.5, 0.6) is 0 Å². The maximum atomic E-state index is 11.3. The van der Waals surface area contributed by atoms with E-state index >= 15 is 0 Å². The van der Waals surface area contributed by atoms with Crippen LogP contribution >= 0.6 is 31.6 Å². The van der Waals surface area contributed by atoms with Gasteiger partial charge in [-0.05, 0) is 12.3 Å². The van der Waals surface area contributed by atoms with Gasteiger partial charge in [0.2, 0.25) is 0 Å². The number of halogens is 2. The zero-order valence-corrected chi connectivity index (χ0v) is 11.4. The maximum Gasteiger partial charge on any atom is 0.507 e. The monoisotopic (exact) mass is 278 g/mol. The van der Waals surface area contributed by atoms with E-state index in [1.54, 1.807) is 0 Å². The molecule has 0 saturated carbocycles. The Bertz CT molecular complexity index is 195. The minimum absolute atomic E-state index is 0.271. The Labute approximate surface area is 101 Å². The highest BCUT2D eigenvalue weighted by Crippen LogP contribution is 2.52. The first-order chi connectivity index (χ1) is 7.11. The lowest BCUT2D eigenvalue weighted by Crippen LogP contribution is -2.08. The molecule has 0 rings (SSSR count). The minimum atomic E-state index is -3.75. The van der Waals surface area contributed by atoms with Gasteiger partial charge in [-0.2, -0.15) is 8.15 Å². The fraction of sp³-hybridized carbons (Fsp3) is 1.00. The van der Waals surface area contributed by atoms with Crippen molar-refractivity contribution in [2.45, 2.75) is 39.5 Å². The van der Waals surface area contributed by atoms with Crippen molar-refractivity contribution in [1.29, 1.82) is 0 Å². The van der Waals surface area contributed by atoms with Crippen LogP contribution in [0.2, 0.25) is 0 Å². The van der Waals surface area contributed by atoms with E-state index in [1.165, 1.54) is 0 Å². The quantitative estimate of drug-likeness (QED) is 0.575. The Kier molecular flexibility index (Phi) is 9.20. The molecular formula is C8H17Cl2O4P. The molecule has 0 amide bonds. The molecule has 0 saturated heterocycles. The van der Waals surface area contributed by atoms with Crippen molar-refractivity contribution in [3.63, 3.8) is 0 Å². The zero-order valence-electron chi connectivity index (χ0n) is 8.95. The summed E-state index contributed by atoms with van der Waals surface area (Å²) in [7, 11) is -3.75. The first kappa shape index (κ1) is 15.7. The minimum Gasteiger partial charge on any atom is -0.285 e. The highest BCUT2D eigenvalue weighted by Gasteiger charge is 2.27. The SMILES string of the molecule is CCCCC(CC)COP(=O)(OCl)OCl. The normalized spacial score (nSPS) is 14.1. The Morgan fingerprint density at radius 2 is 1.87 bits per heavy atom. The molecule has 0 fully saturated rings. The molecule has 1 unspecified atom stereocenters. The van der Waals surface area contributed by atoms with E-state index in [1.807, 2.05) is 6.92 Å². The van der Waals surface area contributed by atoms with Gasteiger partial charge < -0.3 is 0 Å². The van der Waals surface area contributed by atoms with E-state index in [9.17, 15) is 4.57 Å². The fourth-order valence-electron chi connectivity index (χ4n) is 1.15. The predicted octanol–water partition coefficient (Wildman–Crippen LogP) is 4.67. The first-order valence-corrected chi connectivity index (χ1v) is 7.04. The van der Waals surface area contributed by atoms with Crippen molar-refractivity contribution in [3.8, 4) is 0 Å². The van der Waals surface area contributed by atoms with E-state index in [4.69, 9.17) is 28.3 Å². The number of unbranched alkanes of at least 4 members (excludes halogenated alkanes) is 1. The van der Waals surface area contributed by atoms with Crippen LogP contribution in [-0.4, -0.2) is 6.61 Å². The van der Waals surface area contributed by atoms with Crippen LogP contribution in [0, 0.1) is 5.92 Å². The van der Waals surface area contributed by atoms with E-state index in [0.29, 0.717) is 5.92 Å². The molecule has 0 aromatic rings. The summed E-state index contributed by atoms with van der Waals surface area (Å²) in [4.78, 5) is 0. The van der Waals surface area contributed by atoms with Crippen LogP contribution in [0.4, 0.5) is 0 Å². The number of hydrogen-bond acceptors (Lipinski definition) is 4. The Hall–Kier alpha value is 0.690. The second kappa shape index (κ2) is 8.80. The van der Waals surface area contributed by atoms with Crippen LogP contribution in [0.3, 0.4) is 0 Å². The summed E-state index contributed by atoms with van der Waals surface area (Å²) in [5.41, 5.74) is 0. The van der Waals surface area contributed by atoms with Gasteiger partial charge in [-0.1, -0.05) is 33.1 Å². The second-order valence-electron chi connectivity index (χ2n) is 3.30. The summed E-state index contributed by atoms with van der Waals surface area (Å²) >= 11 is 9.88. The lowest BCUT2D eigenvalue weighted by molar-refractivity contribution is 0.177. The van der Waals surface area contributed by atoms with Crippen molar-refractivity contribution in [3.05, 3.63) is 0 Å². The van der Waals surface area contributed by atoms with E-state index in [2.05, 4.69) is 15.1 Å². The molecule has 0 aliphatic heterocycles. The van der Waals surface area contributed by atoms with Gasteiger partial charge in [0.25, 0.3) is 0 Å². The van der Waals surface area contributed by atoms with Crippen LogP contribution in [0.15, 0.2) is 0 Å². The molecule has 0 aromatic carbocycles. The average Bonchev–Trinajstić information content (AvgIpc) is 2.29. The van der Waals surface area contributed by atoms with Crippen molar-refractivity contribution in [2.75, 3.05) is 6.61 Å². The Morgan fingerprint density at radius 1 is 1.27 bits per heavy atom. The van der Waals surface area contributed by atoms with E-state index in [-0.39, 0.29) is 6.61 Å². The molecule has 0 N–H and O–H groups in total. The molecule has 7 heteroatoms. The van der Waals surface area contributed by atoms with Crippen LogP contribution < -0.4 is 0 Å². The van der Waals surface area contributed by atoms with Crippen molar-refractivity contribution >= 4 is 31.6 Å². The molecule has 0 aliphatic carbocycles. The molecule has 1 atom stereocenters. The summed E-state index contributed by atoms with van der Waals surface area (Å²) in [6.45, 7) is 4.42. The lowest BCUT2D eigenvalue weighted by Gasteiger charge is -2.16. The smallest absolute Gasteiger partial charge is 0.285 e. The van der Waals surface area contributed by atoms with Gasteiger partial charge >= 0.3 is 7.82 Å². The Balaban J connectivity index is 3.93. The highest BCUT2D eigenvalue weighted by atomic mass is 35.5. The largest absolute Gasteiger partial charge is 0.507 e. The predicted molar refractivity (Wildman–Crippen MR) is 60.7 cm³/mol. The van der Waals surface area contributed by atoms with E-state index in [0.717, 1.165) is 25.7 Å². The average molecular weight is 279 g/mol. The third-order valence-corrected chi connectivity index (χ3v) is 4.00. The summed E-state index contributed by atoms with van der Waals surface area (Å²) in [6, 6.07) is 0. The summed E-state index contributed by atoms with van der Waals surface area (Å²) in [5.74, 6) is 0.317. The molecule has 0 aliphatic rings. The van der Waals surface area contributed by atoms with Gasteiger partial charge in [0.1, 0.15) is 0 Å². The third kappa shape index (κ3) is 6.77. The van der Waals surface area contributed by atoms with Gasteiger partial charge in [0.15, 0.2) is 0 Å². The molecule has 0 aromatic heterocycles. The molecule has 15 heavy (non-hydrogen) atoms. The maximum absolute atomic E-state index is 11.3. The van der Waals surface area contributed by atoms with Gasteiger partial charge in [0.05, 0.1) is 30.3 Å². The third-order valence-electron chi connectivity index (χ3n) is 2.18. The molecule has 92 valence electrons. The van der Waals surface area contributed by atoms with Crippen molar-refractivity contribution in [1.82, 2.24) is 0 Å². The zero-order chi connectivity index (χ0) is 11.7.